The molecule has 0 radical (unpaired) electrons. The van der Waals surface area contributed by atoms with Crippen LogP contribution in [0.4, 0.5) is 0 Å². The number of hydrogen-bond acceptors (Lipinski definition) is 0. The van der Waals surface area contributed by atoms with Crippen LogP contribution in [-0.2, 0) is 0 Å². The first kappa shape index (κ1) is 36.1. The molecule has 3 heteroatoms. The quantitative estimate of drug-likeness (QED) is 0.0956. The molecule has 1 heterocycles. The zero-order chi connectivity index (χ0) is 31.6. The Morgan fingerprint density at radius 1 is 0.465 bits per heavy atom. The highest BCUT2D eigenvalue weighted by Crippen LogP contribution is 2.40. The fourth-order valence-corrected chi connectivity index (χ4v) is 20.5. The lowest BCUT2D eigenvalue weighted by molar-refractivity contribution is 0.620. The van der Waals surface area contributed by atoms with Gasteiger partial charge in [-0.15, -0.1) is 0 Å². The highest BCUT2D eigenvalue weighted by molar-refractivity contribution is 6.94. The number of benzene rings is 2. The van der Waals surface area contributed by atoms with Crippen molar-refractivity contribution in [1.29, 1.82) is 0 Å². The van der Waals surface area contributed by atoms with Gasteiger partial charge in [0.15, 0.2) is 0 Å². The minimum Gasteiger partial charge on any atom is -0.355 e. The summed E-state index contributed by atoms with van der Waals surface area (Å²) in [7, 11) is -3.34. The molecule has 0 aliphatic rings. The molecule has 0 atom stereocenters. The number of aromatic nitrogens is 1. The molecule has 242 valence electrons. The molecule has 0 bridgehead atoms. The van der Waals surface area contributed by atoms with Crippen LogP contribution in [0.5, 0.6) is 0 Å². The van der Waals surface area contributed by atoms with Gasteiger partial charge in [-0.3, -0.25) is 0 Å². The van der Waals surface area contributed by atoms with E-state index in [2.05, 4.69) is 111 Å². The van der Waals surface area contributed by atoms with Crippen molar-refractivity contribution in [1.82, 2.24) is 4.98 Å². The molecule has 0 aliphatic carbocycles. The number of nitrogens with one attached hydrogen (secondary N) is 1. The Kier molecular flexibility index (Phi) is 14.1. The first-order valence-electron chi connectivity index (χ1n) is 18.6. The number of hydrogen-bond donors (Lipinski definition) is 1. The maximum Gasteiger partial charge on any atom is 0.0918 e. The van der Waals surface area contributed by atoms with Gasteiger partial charge in [0.1, 0.15) is 0 Å². The van der Waals surface area contributed by atoms with E-state index in [1.165, 1.54) is 111 Å². The molecule has 0 amide bonds. The molecule has 0 saturated heterocycles. The van der Waals surface area contributed by atoms with Crippen LogP contribution in [0.1, 0.15) is 146 Å². The molecule has 3 rings (SSSR count). The second kappa shape index (κ2) is 16.8. The summed E-state index contributed by atoms with van der Waals surface area (Å²) in [5.41, 5.74) is 5.74. The van der Waals surface area contributed by atoms with Gasteiger partial charge in [0.25, 0.3) is 0 Å². The van der Waals surface area contributed by atoms with Crippen molar-refractivity contribution < 1.29 is 0 Å². The van der Waals surface area contributed by atoms with Gasteiger partial charge in [-0.1, -0.05) is 193 Å². The molecule has 0 fully saturated rings. The summed E-state index contributed by atoms with van der Waals surface area (Å²) >= 11 is 0. The normalized spacial score (nSPS) is 13.2. The average molecular weight is 620 g/mol. The standard InChI is InChI=1S/C40H69NSi2/c1-11-13-15-17-19-21-27-42(31(3)4,32(5)6)35-23-25-37-38-26-24-36(30-40(38)41-39(37)29-35)43(33(7)8,34(9)10)28-22-20-18-16-14-12-2/h23-26,29-34,41H,11-22,27-28H2,1-10H3. The van der Waals surface area contributed by atoms with Crippen molar-refractivity contribution >= 4 is 48.3 Å². The molecular formula is C40H69NSi2. The summed E-state index contributed by atoms with van der Waals surface area (Å²) in [6, 6.07) is 18.1. The number of rotatable bonds is 20. The first-order chi connectivity index (χ1) is 20.6. The Morgan fingerprint density at radius 2 is 0.791 bits per heavy atom. The smallest absolute Gasteiger partial charge is 0.0918 e. The van der Waals surface area contributed by atoms with Gasteiger partial charge in [0.05, 0.1) is 16.1 Å². The molecule has 3 aromatic rings. The largest absolute Gasteiger partial charge is 0.355 e. The molecule has 0 saturated carbocycles. The van der Waals surface area contributed by atoms with Crippen LogP contribution >= 0.6 is 0 Å². The van der Waals surface area contributed by atoms with E-state index in [1.54, 1.807) is 10.4 Å². The second-order valence-electron chi connectivity index (χ2n) is 15.4. The predicted molar refractivity (Wildman–Crippen MR) is 203 cm³/mol. The molecule has 43 heavy (non-hydrogen) atoms. The maximum absolute atomic E-state index is 3.98. The van der Waals surface area contributed by atoms with E-state index in [0.717, 1.165) is 22.2 Å². The minimum atomic E-state index is -1.67. The van der Waals surface area contributed by atoms with E-state index in [4.69, 9.17) is 0 Å². The minimum absolute atomic E-state index is 0.752. The van der Waals surface area contributed by atoms with Crippen LogP contribution in [0.15, 0.2) is 36.4 Å². The average Bonchev–Trinajstić information content (AvgIpc) is 3.33. The maximum atomic E-state index is 3.98. The third-order valence-electron chi connectivity index (χ3n) is 11.7. The summed E-state index contributed by atoms with van der Waals surface area (Å²) in [6.07, 6.45) is 16.7. The predicted octanol–water partition coefficient (Wildman–Crippen LogP) is 13.0. The van der Waals surface area contributed by atoms with E-state index in [-0.39, 0.29) is 0 Å². The third-order valence-corrected chi connectivity index (χ3v) is 25.1. The summed E-state index contributed by atoms with van der Waals surface area (Å²) in [6.45, 7) is 24.8. The highest BCUT2D eigenvalue weighted by Gasteiger charge is 2.42. The molecule has 0 spiro atoms. The number of unbranched alkanes of at least 4 members (excludes halogenated alkanes) is 10. The molecule has 0 aliphatic heterocycles. The van der Waals surface area contributed by atoms with E-state index < -0.39 is 16.1 Å². The van der Waals surface area contributed by atoms with Crippen molar-refractivity contribution in [2.75, 3.05) is 0 Å². The van der Waals surface area contributed by atoms with Gasteiger partial charge >= 0.3 is 0 Å². The monoisotopic (exact) mass is 619 g/mol. The van der Waals surface area contributed by atoms with Crippen molar-refractivity contribution in [3.05, 3.63) is 36.4 Å². The van der Waals surface area contributed by atoms with E-state index in [9.17, 15) is 0 Å². The second-order valence-corrected chi connectivity index (χ2v) is 26.3. The number of aromatic amines is 1. The number of H-pyrrole nitrogens is 1. The van der Waals surface area contributed by atoms with Crippen LogP contribution in [0.3, 0.4) is 0 Å². The summed E-state index contributed by atoms with van der Waals surface area (Å²) in [5.74, 6) is 0. The summed E-state index contributed by atoms with van der Waals surface area (Å²) in [5, 5.41) is 6.19. The van der Waals surface area contributed by atoms with E-state index in [1.807, 2.05) is 0 Å². The van der Waals surface area contributed by atoms with Crippen molar-refractivity contribution in [3.63, 3.8) is 0 Å². The van der Waals surface area contributed by atoms with Crippen LogP contribution in [-0.4, -0.2) is 21.1 Å². The van der Waals surface area contributed by atoms with E-state index >= 15 is 0 Å². The van der Waals surface area contributed by atoms with Crippen LogP contribution in [0.25, 0.3) is 21.8 Å². The Labute approximate surface area is 269 Å². The van der Waals surface area contributed by atoms with Gasteiger partial charge in [0, 0.05) is 21.8 Å². The van der Waals surface area contributed by atoms with Gasteiger partial charge in [0.2, 0.25) is 0 Å². The van der Waals surface area contributed by atoms with Crippen molar-refractivity contribution in [2.24, 2.45) is 0 Å². The molecular weight excluding hydrogens is 551 g/mol. The number of fused-ring (bicyclic) bond motifs is 3. The third kappa shape index (κ3) is 8.10. The van der Waals surface area contributed by atoms with Crippen molar-refractivity contribution in [2.45, 2.75) is 181 Å². The van der Waals surface area contributed by atoms with Gasteiger partial charge < -0.3 is 4.98 Å². The SMILES string of the molecule is CCCCCCCC[Si](c1ccc2c(c1)[nH]c1cc([Si](CCCCCCCC)(C(C)C)C(C)C)ccc12)(C(C)C)C(C)C. The first-order valence-corrected chi connectivity index (χ1v) is 23.3. The molecule has 1 aromatic heterocycles. The Hall–Kier alpha value is -1.33. The Morgan fingerprint density at radius 3 is 1.12 bits per heavy atom. The fourth-order valence-electron chi connectivity index (χ4n) is 8.99. The van der Waals surface area contributed by atoms with Crippen LogP contribution < -0.4 is 10.4 Å². The van der Waals surface area contributed by atoms with Crippen molar-refractivity contribution in [3.8, 4) is 0 Å². The molecule has 0 unspecified atom stereocenters. The lowest BCUT2D eigenvalue weighted by atomic mass is 10.1. The van der Waals surface area contributed by atoms with Gasteiger partial charge in [-0.25, -0.2) is 0 Å². The zero-order valence-electron chi connectivity index (χ0n) is 30.2. The van der Waals surface area contributed by atoms with Gasteiger partial charge in [-0.05, 0) is 34.3 Å². The Balaban J connectivity index is 1.97. The fraction of sp³-hybridized carbons (Fsp3) is 0.700. The molecule has 1 N–H and O–H groups in total. The summed E-state index contributed by atoms with van der Waals surface area (Å²) < 4.78 is 0. The van der Waals surface area contributed by atoms with Crippen LogP contribution in [0.2, 0.25) is 34.3 Å². The summed E-state index contributed by atoms with van der Waals surface area (Å²) in [4.78, 5) is 3.98. The van der Waals surface area contributed by atoms with Crippen LogP contribution in [0, 0.1) is 0 Å². The van der Waals surface area contributed by atoms with E-state index in [0.29, 0.717) is 0 Å². The van der Waals surface area contributed by atoms with Gasteiger partial charge in [-0.2, -0.15) is 0 Å². The highest BCUT2D eigenvalue weighted by atomic mass is 28.3. The molecule has 1 nitrogen and oxygen atoms in total. The lowest BCUT2D eigenvalue weighted by Gasteiger charge is -2.40. The Bertz CT molecular complexity index is 1120. The lowest BCUT2D eigenvalue weighted by Crippen LogP contribution is -2.53. The zero-order valence-corrected chi connectivity index (χ0v) is 32.2. The molecule has 2 aromatic carbocycles. The topological polar surface area (TPSA) is 15.8 Å².